The molecule has 1 aliphatic carbocycles. The fourth-order valence-corrected chi connectivity index (χ4v) is 1.62. The second kappa shape index (κ2) is 5.47. The van der Waals surface area contributed by atoms with Crippen LogP contribution in [0.5, 0.6) is 0 Å². The maximum absolute atomic E-state index is 11.2. The molecule has 5 nitrogen and oxygen atoms in total. The van der Waals surface area contributed by atoms with Crippen molar-refractivity contribution in [3.8, 4) is 0 Å². The first-order valence-electron chi connectivity index (χ1n) is 5.06. The standard InChI is InChI=1S/C9H18N4O/c10-8(11)5-6-12-9(14)13-7-3-1-2-4-7/h7H,1-6H2,(H3,10,11)(H2,12,13,14). The average Bonchev–Trinajstić information content (AvgIpc) is 2.56. The molecule has 1 aliphatic rings. The Kier molecular flexibility index (Phi) is 4.22. The average molecular weight is 198 g/mol. The molecule has 0 aromatic rings. The van der Waals surface area contributed by atoms with Gasteiger partial charge in [0.2, 0.25) is 0 Å². The summed E-state index contributed by atoms with van der Waals surface area (Å²) in [5.41, 5.74) is 5.15. The smallest absolute Gasteiger partial charge is 0.315 e. The molecule has 5 N–H and O–H groups in total. The molecule has 1 fully saturated rings. The second-order valence-corrected chi connectivity index (χ2v) is 3.66. The third kappa shape index (κ3) is 4.11. The number of amides is 2. The summed E-state index contributed by atoms with van der Waals surface area (Å²) in [4.78, 5) is 11.2. The number of nitrogens with two attached hydrogens (primary N) is 1. The molecule has 0 aromatic carbocycles. The van der Waals surface area contributed by atoms with Crippen molar-refractivity contribution in [2.24, 2.45) is 5.73 Å². The van der Waals surface area contributed by atoms with E-state index in [0.29, 0.717) is 19.0 Å². The molecule has 0 saturated heterocycles. The molecule has 0 bridgehead atoms. The van der Waals surface area contributed by atoms with Crippen molar-refractivity contribution in [2.45, 2.75) is 38.1 Å². The molecular formula is C9H18N4O. The molecule has 2 amide bonds. The molecule has 0 aromatic heterocycles. The fourth-order valence-electron chi connectivity index (χ4n) is 1.62. The van der Waals surface area contributed by atoms with Crippen LogP contribution in [-0.2, 0) is 0 Å². The highest BCUT2D eigenvalue weighted by Crippen LogP contribution is 2.17. The van der Waals surface area contributed by atoms with Gasteiger partial charge in [0.25, 0.3) is 0 Å². The normalized spacial score (nSPS) is 16.6. The summed E-state index contributed by atoms with van der Waals surface area (Å²) in [6, 6.07) is 0.200. The number of urea groups is 1. The van der Waals surface area contributed by atoms with Crippen molar-refractivity contribution < 1.29 is 4.79 Å². The van der Waals surface area contributed by atoms with E-state index in [-0.39, 0.29) is 11.9 Å². The van der Waals surface area contributed by atoms with Gasteiger partial charge in [-0.2, -0.15) is 0 Å². The second-order valence-electron chi connectivity index (χ2n) is 3.66. The van der Waals surface area contributed by atoms with Gasteiger partial charge in [-0.15, -0.1) is 0 Å². The van der Waals surface area contributed by atoms with Gasteiger partial charge in [0.15, 0.2) is 0 Å². The molecule has 0 unspecified atom stereocenters. The molecule has 14 heavy (non-hydrogen) atoms. The lowest BCUT2D eigenvalue weighted by molar-refractivity contribution is 0.237. The Bertz CT molecular complexity index is 211. The van der Waals surface area contributed by atoms with Gasteiger partial charge in [0.1, 0.15) is 0 Å². The first-order chi connectivity index (χ1) is 6.68. The van der Waals surface area contributed by atoms with Crippen molar-refractivity contribution in [1.82, 2.24) is 10.6 Å². The van der Waals surface area contributed by atoms with Crippen molar-refractivity contribution in [3.63, 3.8) is 0 Å². The number of carbonyl (C=O) groups excluding carboxylic acids is 1. The lowest BCUT2D eigenvalue weighted by atomic mass is 10.2. The summed E-state index contributed by atoms with van der Waals surface area (Å²) in [5.74, 6) is 0.103. The summed E-state index contributed by atoms with van der Waals surface area (Å²) >= 11 is 0. The van der Waals surface area contributed by atoms with Gasteiger partial charge in [-0.25, -0.2) is 4.79 Å². The fraction of sp³-hybridized carbons (Fsp3) is 0.778. The van der Waals surface area contributed by atoms with Crippen LogP contribution in [0.1, 0.15) is 32.1 Å². The van der Waals surface area contributed by atoms with Crippen LogP contribution in [0.4, 0.5) is 4.79 Å². The van der Waals surface area contributed by atoms with Gasteiger partial charge in [-0.3, -0.25) is 5.41 Å². The Hall–Kier alpha value is -1.26. The van der Waals surface area contributed by atoms with E-state index >= 15 is 0 Å². The Morgan fingerprint density at radius 3 is 2.64 bits per heavy atom. The van der Waals surface area contributed by atoms with Crippen LogP contribution in [0.3, 0.4) is 0 Å². The van der Waals surface area contributed by atoms with Gasteiger partial charge >= 0.3 is 6.03 Å². The Labute approximate surface area is 83.9 Å². The molecule has 0 heterocycles. The van der Waals surface area contributed by atoms with Crippen LogP contribution in [0, 0.1) is 5.41 Å². The van der Waals surface area contributed by atoms with E-state index in [0.717, 1.165) is 12.8 Å². The summed E-state index contributed by atoms with van der Waals surface area (Å²) < 4.78 is 0. The minimum atomic E-state index is -0.141. The van der Waals surface area contributed by atoms with E-state index in [1.165, 1.54) is 12.8 Å². The molecule has 1 rings (SSSR count). The molecule has 0 aliphatic heterocycles. The number of hydrogen-bond acceptors (Lipinski definition) is 2. The Morgan fingerprint density at radius 1 is 1.43 bits per heavy atom. The van der Waals surface area contributed by atoms with Crippen molar-refractivity contribution in [3.05, 3.63) is 0 Å². The van der Waals surface area contributed by atoms with Crippen LogP contribution in [0.25, 0.3) is 0 Å². The summed E-state index contributed by atoms with van der Waals surface area (Å²) in [7, 11) is 0. The lowest BCUT2D eigenvalue weighted by Crippen LogP contribution is -2.41. The minimum Gasteiger partial charge on any atom is -0.388 e. The van der Waals surface area contributed by atoms with Crippen molar-refractivity contribution >= 4 is 11.9 Å². The van der Waals surface area contributed by atoms with Gasteiger partial charge in [-0.05, 0) is 12.8 Å². The maximum atomic E-state index is 11.2. The zero-order valence-electron chi connectivity index (χ0n) is 8.31. The van der Waals surface area contributed by atoms with Crippen molar-refractivity contribution in [1.29, 1.82) is 5.41 Å². The van der Waals surface area contributed by atoms with Crippen LogP contribution in [0.15, 0.2) is 0 Å². The van der Waals surface area contributed by atoms with Crippen LogP contribution < -0.4 is 16.4 Å². The molecule has 5 heteroatoms. The predicted octanol–water partition coefficient (Wildman–Crippen LogP) is 0.554. The van der Waals surface area contributed by atoms with E-state index in [1.807, 2.05) is 0 Å². The quantitative estimate of drug-likeness (QED) is 0.392. The zero-order valence-corrected chi connectivity index (χ0v) is 8.31. The van der Waals surface area contributed by atoms with E-state index in [4.69, 9.17) is 11.1 Å². The van der Waals surface area contributed by atoms with Gasteiger partial charge in [0, 0.05) is 19.0 Å². The number of amidine groups is 1. The number of nitrogens with one attached hydrogen (secondary N) is 3. The zero-order chi connectivity index (χ0) is 10.4. The Morgan fingerprint density at radius 2 is 2.07 bits per heavy atom. The highest BCUT2D eigenvalue weighted by molar-refractivity contribution is 5.78. The first-order valence-corrected chi connectivity index (χ1v) is 5.06. The largest absolute Gasteiger partial charge is 0.388 e. The third-order valence-electron chi connectivity index (χ3n) is 2.37. The molecule has 1 saturated carbocycles. The molecule has 80 valence electrons. The molecule has 0 spiro atoms. The first kappa shape index (κ1) is 10.8. The highest BCUT2D eigenvalue weighted by Gasteiger charge is 2.16. The topological polar surface area (TPSA) is 91.0 Å². The number of hydrogen-bond donors (Lipinski definition) is 4. The maximum Gasteiger partial charge on any atom is 0.315 e. The summed E-state index contributed by atoms with van der Waals surface area (Å²) in [5, 5.41) is 12.5. The predicted molar refractivity (Wildman–Crippen MR) is 55.3 cm³/mol. The number of rotatable bonds is 4. The van der Waals surface area contributed by atoms with Gasteiger partial charge < -0.3 is 16.4 Å². The summed E-state index contributed by atoms with van der Waals surface area (Å²) in [6.45, 7) is 0.438. The highest BCUT2D eigenvalue weighted by atomic mass is 16.2. The van der Waals surface area contributed by atoms with E-state index in [1.54, 1.807) is 0 Å². The number of carbonyl (C=O) groups is 1. The van der Waals surface area contributed by atoms with Gasteiger partial charge in [0.05, 0.1) is 5.84 Å². The summed E-state index contributed by atoms with van der Waals surface area (Å²) in [6.07, 6.45) is 5.00. The van der Waals surface area contributed by atoms with E-state index in [9.17, 15) is 4.79 Å². The monoisotopic (exact) mass is 198 g/mol. The van der Waals surface area contributed by atoms with E-state index in [2.05, 4.69) is 10.6 Å². The van der Waals surface area contributed by atoms with Crippen LogP contribution >= 0.6 is 0 Å². The molecule has 0 radical (unpaired) electrons. The molecular weight excluding hydrogens is 180 g/mol. The third-order valence-corrected chi connectivity index (χ3v) is 2.37. The lowest BCUT2D eigenvalue weighted by Gasteiger charge is -2.12. The van der Waals surface area contributed by atoms with E-state index < -0.39 is 0 Å². The van der Waals surface area contributed by atoms with Crippen LogP contribution in [-0.4, -0.2) is 24.5 Å². The van der Waals surface area contributed by atoms with Crippen LogP contribution in [0.2, 0.25) is 0 Å². The van der Waals surface area contributed by atoms with Gasteiger partial charge in [-0.1, -0.05) is 12.8 Å². The SMILES string of the molecule is N=C(N)CCNC(=O)NC1CCCC1. The van der Waals surface area contributed by atoms with Crippen molar-refractivity contribution in [2.75, 3.05) is 6.54 Å². The Balaban J connectivity index is 2.06. The minimum absolute atomic E-state index is 0.103. The molecule has 0 atom stereocenters.